The van der Waals surface area contributed by atoms with Gasteiger partial charge in [0.1, 0.15) is 0 Å². The summed E-state index contributed by atoms with van der Waals surface area (Å²) >= 11 is 0. The molecule has 0 unspecified atom stereocenters. The first-order chi connectivity index (χ1) is 4.35. The second-order valence-corrected chi connectivity index (χ2v) is 3.37. The number of hydrogen-bond acceptors (Lipinski definition) is 2. The van der Waals surface area contributed by atoms with E-state index in [0.717, 1.165) is 18.6 Å². The lowest BCUT2D eigenvalue weighted by Gasteiger charge is -2.49. The third-order valence-corrected chi connectivity index (χ3v) is 2.71. The van der Waals surface area contributed by atoms with Crippen molar-refractivity contribution in [1.29, 1.82) is 0 Å². The maximum atomic E-state index is 8.33. The van der Waals surface area contributed by atoms with Crippen LogP contribution < -0.4 is 0 Å². The molecule has 0 saturated heterocycles. The summed E-state index contributed by atoms with van der Waals surface area (Å²) in [5.41, 5.74) is 1.64. The van der Waals surface area contributed by atoms with E-state index in [2.05, 4.69) is 5.16 Å². The lowest BCUT2D eigenvalue weighted by Crippen LogP contribution is -2.42. The van der Waals surface area contributed by atoms with E-state index in [9.17, 15) is 0 Å². The van der Waals surface area contributed by atoms with Crippen molar-refractivity contribution < 1.29 is 5.21 Å². The van der Waals surface area contributed by atoms with Crippen LogP contribution in [0, 0.1) is 5.41 Å². The zero-order valence-electron chi connectivity index (χ0n) is 5.43. The van der Waals surface area contributed by atoms with Gasteiger partial charge in [-0.25, -0.2) is 0 Å². The monoisotopic (exact) mass is 125 g/mol. The topological polar surface area (TPSA) is 32.6 Å². The number of hydrogen-bond donors (Lipinski definition) is 1. The Morgan fingerprint density at radius 2 is 2.00 bits per heavy atom. The summed E-state index contributed by atoms with van der Waals surface area (Å²) in [6.45, 7) is 0. The maximum absolute atomic E-state index is 8.33. The summed E-state index contributed by atoms with van der Waals surface area (Å²) in [6, 6.07) is 0. The summed E-state index contributed by atoms with van der Waals surface area (Å²) in [5.74, 6) is 0. The van der Waals surface area contributed by atoms with Gasteiger partial charge in [0.05, 0.1) is 5.71 Å². The van der Waals surface area contributed by atoms with Crippen LogP contribution in [0.25, 0.3) is 0 Å². The Labute approximate surface area is 54.6 Å². The van der Waals surface area contributed by atoms with Gasteiger partial charge in [0.25, 0.3) is 0 Å². The average molecular weight is 125 g/mol. The van der Waals surface area contributed by atoms with Crippen LogP contribution in [0.2, 0.25) is 0 Å². The highest BCUT2D eigenvalue weighted by atomic mass is 16.4. The standard InChI is InChI=1S/C7H11NO/c9-8-6-4-7(5-6)2-1-3-7/h9H,1-5H2. The van der Waals surface area contributed by atoms with Gasteiger partial charge in [0, 0.05) is 0 Å². The minimum atomic E-state index is 0.627. The summed E-state index contributed by atoms with van der Waals surface area (Å²) in [4.78, 5) is 0. The SMILES string of the molecule is ON=C1CC2(CCC2)C1. The van der Waals surface area contributed by atoms with Crippen LogP contribution in [0.3, 0.4) is 0 Å². The van der Waals surface area contributed by atoms with E-state index >= 15 is 0 Å². The smallest absolute Gasteiger partial charge is 0.0582 e. The summed E-state index contributed by atoms with van der Waals surface area (Å²) in [6.07, 6.45) is 6.27. The first kappa shape index (κ1) is 5.27. The maximum Gasteiger partial charge on any atom is 0.0582 e. The fraction of sp³-hybridized carbons (Fsp3) is 0.857. The Balaban J connectivity index is 1.96. The van der Waals surface area contributed by atoms with E-state index in [4.69, 9.17) is 5.21 Å². The van der Waals surface area contributed by atoms with Crippen LogP contribution in [0.4, 0.5) is 0 Å². The van der Waals surface area contributed by atoms with Gasteiger partial charge in [-0.1, -0.05) is 11.6 Å². The van der Waals surface area contributed by atoms with Gasteiger partial charge in [0.2, 0.25) is 0 Å². The summed E-state index contributed by atoms with van der Waals surface area (Å²) in [5, 5.41) is 11.5. The molecule has 0 radical (unpaired) electrons. The number of oxime groups is 1. The van der Waals surface area contributed by atoms with Gasteiger partial charge in [-0.2, -0.15) is 0 Å². The molecule has 0 aromatic carbocycles. The molecule has 2 nitrogen and oxygen atoms in total. The van der Waals surface area contributed by atoms with E-state index in [1.807, 2.05) is 0 Å². The number of nitrogens with zero attached hydrogens (tertiary/aromatic N) is 1. The predicted octanol–water partition coefficient (Wildman–Crippen LogP) is 1.78. The molecule has 2 saturated carbocycles. The van der Waals surface area contributed by atoms with E-state index < -0.39 is 0 Å². The highest BCUT2D eigenvalue weighted by Gasteiger charge is 2.46. The lowest BCUT2D eigenvalue weighted by molar-refractivity contribution is 0.113. The van der Waals surface area contributed by atoms with Crippen LogP contribution >= 0.6 is 0 Å². The Morgan fingerprint density at radius 1 is 1.33 bits per heavy atom. The quantitative estimate of drug-likeness (QED) is 0.388. The molecule has 1 spiro atoms. The van der Waals surface area contributed by atoms with Gasteiger partial charge in [-0.05, 0) is 31.1 Å². The van der Waals surface area contributed by atoms with Crippen molar-refractivity contribution in [3.8, 4) is 0 Å². The molecule has 0 heterocycles. The summed E-state index contributed by atoms with van der Waals surface area (Å²) < 4.78 is 0. The van der Waals surface area contributed by atoms with E-state index in [1.54, 1.807) is 0 Å². The first-order valence-electron chi connectivity index (χ1n) is 3.54. The molecule has 0 aliphatic heterocycles. The van der Waals surface area contributed by atoms with E-state index in [0.29, 0.717) is 5.41 Å². The molecule has 2 heteroatoms. The molecule has 2 fully saturated rings. The molecule has 9 heavy (non-hydrogen) atoms. The molecule has 2 rings (SSSR count). The van der Waals surface area contributed by atoms with Gasteiger partial charge in [0.15, 0.2) is 0 Å². The first-order valence-corrected chi connectivity index (χ1v) is 3.54. The van der Waals surface area contributed by atoms with E-state index in [-0.39, 0.29) is 0 Å². The fourth-order valence-corrected chi connectivity index (χ4v) is 1.92. The van der Waals surface area contributed by atoms with Crippen LogP contribution in [-0.4, -0.2) is 10.9 Å². The van der Waals surface area contributed by atoms with Crippen molar-refractivity contribution in [3.05, 3.63) is 0 Å². The second kappa shape index (κ2) is 1.49. The Hall–Kier alpha value is -0.530. The van der Waals surface area contributed by atoms with Gasteiger partial charge in [-0.3, -0.25) is 0 Å². The summed E-state index contributed by atoms with van der Waals surface area (Å²) in [7, 11) is 0. The van der Waals surface area contributed by atoms with Crippen LogP contribution in [0.15, 0.2) is 5.16 Å². The van der Waals surface area contributed by atoms with Crippen molar-refractivity contribution in [2.45, 2.75) is 32.1 Å². The molecular weight excluding hydrogens is 114 g/mol. The normalized spacial score (nSPS) is 29.1. The fourth-order valence-electron chi connectivity index (χ4n) is 1.92. The third-order valence-electron chi connectivity index (χ3n) is 2.71. The predicted molar refractivity (Wildman–Crippen MR) is 34.7 cm³/mol. The van der Waals surface area contributed by atoms with Crippen molar-refractivity contribution in [3.63, 3.8) is 0 Å². The Kier molecular flexibility index (Phi) is 0.875. The highest BCUT2D eigenvalue weighted by molar-refractivity contribution is 5.91. The number of rotatable bonds is 0. The zero-order chi connectivity index (χ0) is 6.32. The average Bonchev–Trinajstić information content (AvgIpc) is 1.59. The zero-order valence-corrected chi connectivity index (χ0v) is 5.43. The molecule has 0 aromatic rings. The highest BCUT2D eigenvalue weighted by Crippen LogP contribution is 2.54. The third kappa shape index (κ3) is 0.590. The van der Waals surface area contributed by atoms with Gasteiger partial charge in [-0.15, -0.1) is 0 Å². The Morgan fingerprint density at radius 3 is 2.33 bits per heavy atom. The minimum Gasteiger partial charge on any atom is -0.411 e. The molecule has 2 aliphatic rings. The van der Waals surface area contributed by atoms with Gasteiger partial charge < -0.3 is 5.21 Å². The van der Waals surface area contributed by atoms with Crippen LogP contribution in [0.5, 0.6) is 0 Å². The molecular formula is C7H11NO. The molecule has 2 aliphatic carbocycles. The molecule has 0 aromatic heterocycles. The van der Waals surface area contributed by atoms with Gasteiger partial charge >= 0.3 is 0 Å². The van der Waals surface area contributed by atoms with E-state index in [1.165, 1.54) is 19.3 Å². The van der Waals surface area contributed by atoms with Crippen LogP contribution in [0.1, 0.15) is 32.1 Å². The molecule has 50 valence electrons. The van der Waals surface area contributed by atoms with Crippen molar-refractivity contribution in [1.82, 2.24) is 0 Å². The second-order valence-electron chi connectivity index (χ2n) is 3.37. The molecule has 0 bridgehead atoms. The molecule has 0 atom stereocenters. The lowest BCUT2D eigenvalue weighted by atomic mass is 9.55. The van der Waals surface area contributed by atoms with Crippen molar-refractivity contribution in [2.24, 2.45) is 10.6 Å². The van der Waals surface area contributed by atoms with Crippen molar-refractivity contribution >= 4 is 5.71 Å². The Bertz CT molecular complexity index is 148. The molecule has 1 N–H and O–H groups in total. The largest absolute Gasteiger partial charge is 0.411 e. The minimum absolute atomic E-state index is 0.627. The molecule has 0 amide bonds. The van der Waals surface area contributed by atoms with Crippen LogP contribution in [-0.2, 0) is 0 Å². The van der Waals surface area contributed by atoms with Crippen molar-refractivity contribution in [2.75, 3.05) is 0 Å².